The molecule has 0 saturated heterocycles. The van der Waals surface area contributed by atoms with E-state index in [0.29, 0.717) is 11.8 Å². The first kappa shape index (κ1) is 33.7. The summed E-state index contributed by atoms with van der Waals surface area (Å²) < 4.78 is 0. The average molecular weight is 849 g/mol. The summed E-state index contributed by atoms with van der Waals surface area (Å²) in [4.78, 5) is 10.1. The maximum atomic E-state index is 11.0. The summed E-state index contributed by atoms with van der Waals surface area (Å²) in [6.07, 6.45) is 15.9. The molecule has 0 spiro atoms. The van der Waals surface area contributed by atoms with Crippen LogP contribution in [0.25, 0.3) is 33.6 Å². The second-order valence-corrected chi connectivity index (χ2v) is 14.4. The van der Waals surface area contributed by atoms with Gasteiger partial charge >= 0.3 is 0 Å². The van der Waals surface area contributed by atoms with E-state index in [-0.39, 0.29) is 26.8 Å². The molecule has 6 heteroatoms. The smallest absolute Gasteiger partial charge is 0.128 e. The van der Waals surface area contributed by atoms with Gasteiger partial charge in [0.05, 0.1) is 16.8 Å². The van der Waals surface area contributed by atoms with E-state index >= 15 is 0 Å². The normalized spacial score (nSPS) is 16.9. The number of aromatic hydroxyl groups is 1. The number of pyridine rings is 1. The van der Waals surface area contributed by atoms with Gasteiger partial charge in [-0.1, -0.05) is 93.1 Å². The van der Waals surface area contributed by atoms with E-state index < -0.39 is 5.41 Å². The van der Waals surface area contributed by atoms with Gasteiger partial charge in [-0.25, -0.2) is 0 Å². The molecule has 2 aromatic heterocycles. The third kappa shape index (κ3) is 5.94. The van der Waals surface area contributed by atoms with Crippen LogP contribution in [-0.4, -0.2) is 25.3 Å². The second-order valence-electron chi connectivity index (χ2n) is 14.4. The van der Waals surface area contributed by atoms with Crippen molar-refractivity contribution in [2.45, 2.75) is 81.5 Å². The van der Waals surface area contributed by atoms with Crippen molar-refractivity contribution in [3.63, 3.8) is 0 Å². The molecular weight excluding hydrogens is 808 g/mol. The molecule has 1 N–H and O–H groups in total. The number of aromatic nitrogens is 4. The fraction of sp³-hybridized carbons (Fsp3) is 0.289. The largest absolute Gasteiger partial charge is 0.507 e. The average Bonchev–Trinajstić information content (AvgIpc) is 3.49. The van der Waals surface area contributed by atoms with Crippen molar-refractivity contribution in [1.29, 1.82) is 0 Å². The van der Waals surface area contributed by atoms with Crippen LogP contribution in [0.3, 0.4) is 0 Å². The molecule has 2 fully saturated rings. The van der Waals surface area contributed by atoms with Crippen LogP contribution in [-0.2, 0) is 26.5 Å². The van der Waals surface area contributed by atoms with E-state index in [9.17, 15) is 5.11 Å². The summed E-state index contributed by atoms with van der Waals surface area (Å²) in [6, 6.07) is 38.6. The number of nitrogens with zero attached hydrogens (tertiary/aromatic N) is 4. The van der Waals surface area contributed by atoms with Gasteiger partial charge in [-0.3, -0.25) is 9.97 Å². The van der Waals surface area contributed by atoms with Crippen LogP contribution in [0.2, 0.25) is 0 Å². The summed E-state index contributed by atoms with van der Waals surface area (Å²) >= 11 is 0. The van der Waals surface area contributed by atoms with E-state index in [1.54, 1.807) is 12.3 Å². The Hall–Kier alpha value is -4.47. The summed E-state index contributed by atoms with van der Waals surface area (Å²) in [5, 5.41) is 19.1. The molecule has 3 aliphatic carbocycles. The minimum absolute atomic E-state index is 0. The van der Waals surface area contributed by atoms with Gasteiger partial charge in [-0.2, -0.15) is 5.10 Å². The van der Waals surface area contributed by atoms with E-state index in [1.807, 2.05) is 24.3 Å². The number of phenolic OH excluding ortho intramolecular Hbond substituents is 1. The van der Waals surface area contributed by atoms with Crippen LogP contribution >= 0.6 is 0 Å². The Balaban J connectivity index is 0.00000374. The third-order valence-corrected chi connectivity index (χ3v) is 11.6. The van der Waals surface area contributed by atoms with Gasteiger partial charge in [0.2, 0.25) is 0 Å². The van der Waals surface area contributed by atoms with Crippen molar-refractivity contribution in [3.8, 4) is 39.4 Å². The molecule has 4 aromatic carbocycles. The molecule has 5 nitrogen and oxygen atoms in total. The predicted octanol–water partition coefficient (Wildman–Crippen LogP) is 10.6. The predicted molar refractivity (Wildman–Crippen MR) is 198 cm³/mol. The fourth-order valence-corrected chi connectivity index (χ4v) is 9.14. The molecule has 0 unspecified atom stereocenters. The van der Waals surface area contributed by atoms with Crippen molar-refractivity contribution >= 4 is 0 Å². The number of benzene rings is 4. The standard InChI is InChI=1S/C45H41N4O.Pt/c50-43-19-8-7-17-38(43)41-18-10-20-44(49-41)45(35-16-9-15-34(25-35)42-28-47-48-29-46-42)39-26-32(30-11-3-1-4-12-30)21-23-36(39)37-24-22-33(27-40(37)45)31-13-5-2-6-14-31;/h7-10,15-24,26-31,50H,1-6,11-14H2;/q-1;. The van der Waals surface area contributed by atoms with Crippen LogP contribution in [0, 0.1) is 6.07 Å². The van der Waals surface area contributed by atoms with Crippen LogP contribution in [0.1, 0.15) is 110 Å². The number of phenols is 1. The number of hydrogen-bond donors (Lipinski definition) is 1. The molecule has 2 saturated carbocycles. The molecule has 258 valence electrons. The maximum absolute atomic E-state index is 11.0. The zero-order valence-corrected chi connectivity index (χ0v) is 30.9. The zero-order valence-electron chi connectivity index (χ0n) is 28.7. The number of para-hydroxylation sites is 1. The Morgan fingerprint density at radius 1 is 0.608 bits per heavy atom. The van der Waals surface area contributed by atoms with Crippen LogP contribution in [0.5, 0.6) is 5.75 Å². The van der Waals surface area contributed by atoms with Crippen molar-refractivity contribution in [3.05, 3.63) is 149 Å². The number of fused-ring (bicyclic) bond motifs is 3. The van der Waals surface area contributed by atoms with Crippen molar-refractivity contribution in [2.24, 2.45) is 0 Å². The summed E-state index contributed by atoms with van der Waals surface area (Å²) in [6.45, 7) is 0. The Bertz CT molecular complexity index is 2100. The van der Waals surface area contributed by atoms with E-state index in [1.165, 1.54) is 104 Å². The van der Waals surface area contributed by atoms with Crippen molar-refractivity contribution < 1.29 is 26.2 Å². The van der Waals surface area contributed by atoms with Gasteiger partial charge in [0, 0.05) is 38.5 Å². The van der Waals surface area contributed by atoms with Gasteiger partial charge in [0.15, 0.2) is 0 Å². The van der Waals surface area contributed by atoms with Gasteiger partial charge < -0.3 is 5.11 Å². The molecule has 9 rings (SSSR count). The Labute approximate surface area is 314 Å². The number of hydrogen-bond acceptors (Lipinski definition) is 5. The van der Waals surface area contributed by atoms with Crippen molar-refractivity contribution in [1.82, 2.24) is 20.2 Å². The Kier molecular flexibility index (Phi) is 9.42. The second kappa shape index (κ2) is 14.3. The van der Waals surface area contributed by atoms with Crippen molar-refractivity contribution in [2.75, 3.05) is 0 Å². The first-order valence-electron chi connectivity index (χ1n) is 18.4. The maximum Gasteiger partial charge on any atom is 0.128 e. The summed E-state index contributed by atoms with van der Waals surface area (Å²) in [5.41, 5.74) is 12.1. The molecule has 0 radical (unpaired) electrons. The monoisotopic (exact) mass is 848 g/mol. The molecule has 0 bridgehead atoms. The molecule has 0 atom stereocenters. The van der Waals surface area contributed by atoms with Crippen LogP contribution in [0.4, 0.5) is 0 Å². The van der Waals surface area contributed by atoms with Gasteiger partial charge in [0.1, 0.15) is 12.1 Å². The summed E-state index contributed by atoms with van der Waals surface area (Å²) in [7, 11) is 0. The molecule has 3 aliphatic rings. The minimum atomic E-state index is -0.753. The molecule has 0 aliphatic heterocycles. The number of rotatable bonds is 6. The third-order valence-electron chi connectivity index (χ3n) is 11.6. The topological polar surface area (TPSA) is 71.8 Å². The van der Waals surface area contributed by atoms with E-state index in [4.69, 9.17) is 4.98 Å². The molecule has 51 heavy (non-hydrogen) atoms. The van der Waals surface area contributed by atoms with Gasteiger partial charge in [0.25, 0.3) is 0 Å². The Morgan fingerprint density at radius 2 is 1.25 bits per heavy atom. The molecule has 0 amide bonds. The minimum Gasteiger partial charge on any atom is -0.507 e. The molecular formula is C45H41N4OPt-. The summed E-state index contributed by atoms with van der Waals surface area (Å²) in [5.74, 6) is 1.33. The zero-order chi connectivity index (χ0) is 33.5. The first-order valence-corrected chi connectivity index (χ1v) is 18.4. The SMILES string of the molecule is Oc1ccccc1-c1cccc(C2(c3[c-]c(-c4cnncn4)ccc3)c3cc(C4CCCCC4)ccc3-c3ccc(C4CCCCC4)cc32)n1.[Pt]. The van der Waals surface area contributed by atoms with Gasteiger partial charge in [-0.05, 0) is 95.2 Å². The fourth-order valence-electron chi connectivity index (χ4n) is 9.14. The van der Waals surface area contributed by atoms with Gasteiger partial charge in [-0.15, -0.1) is 40.5 Å². The molecule has 6 aromatic rings. The Morgan fingerprint density at radius 3 is 1.88 bits per heavy atom. The van der Waals surface area contributed by atoms with Crippen LogP contribution in [0.15, 0.2) is 110 Å². The van der Waals surface area contributed by atoms with E-state index in [0.717, 1.165) is 33.8 Å². The molecule has 2 heterocycles. The van der Waals surface area contributed by atoms with Crippen LogP contribution < -0.4 is 0 Å². The van der Waals surface area contributed by atoms with E-state index in [2.05, 4.69) is 88.0 Å². The first-order chi connectivity index (χ1) is 24.7. The quantitative estimate of drug-likeness (QED) is 0.169.